The topological polar surface area (TPSA) is 46.8 Å². The van der Waals surface area contributed by atoms with E-state index in [1.165, 1.54) is 11.8 Å². The molecule has 4 rings (SSSR count). The molecule has 2 aromatic heterocycles. The lowest BCUT2D eigenvalue weighted by Gasteiger charge is -2.16. The van der Waals surface area contributed by atoms with E-state index >= 15 is 0 Å². The molecule has 1 atom stereocenters. The van der Waals surface area contributed by atoms with Crippen molar-refractivity contribution in [1.29, 1.82) is 0 Å². The first kappa shape index (κ1) is 15.9. The first-order chi connectivity index (χ1) is 12.3. The number of pyridine rings is 1. The molecule has 0 amide bonds. The molecule has 25 heavy (non-hydrogen) atoms. The largest absolute Gasteiger partial charge is 0.299 e. The summed E-state index contributed by atoms with van der Waals surface area (Å²) in [5.74, 6) is 0.171. The highest BCUT2D eigenvalue weighted by Crippen LogP contribution is 2.22. The van der Waals surface area contributed by atoms with Crippen LogP contribution in [0.4, 0.5) is 4.39 Å². The lowest BCUT2D eigenvalue weighted by molar-refractivity contribution is 0.305. The summed E-state index contributed by atoms with van der Waals surface area (Å²) in [5.41, 5.74) is 2.34. The van der Waals surface area contributed by atoms with E-state index in [4.69, 9.17) is 0 Å². The zero-order valence-electron chi connectivity index (χ0n) is 13.9. The summed E-state index contributed by atoms with van der Waals surface area (Å²) in [6.07, 6.45) is 5.73. The number of halogens is 1. The van der Waals surface area contributed by atoms with Crippen LogP contribution in [-0.4, -0.2) is 38.0 Å². The average Bonchev–Trinajstić information content (AvgIpc) is 3.26. The fourth-order valence-corrected chi connectivity index (χ4v) is 3.41. The highest BCUT2D eigenvalue weighted by Gasteiger charge is 2.23. The van der Waals surface area contributed by atoms with Crippen LogP contribution in [0.15, 0.2) is 55.0 Å². The van der Waals surface area contributed by atoms with Crippen molar-refractivity contribution in [1.82, 2.24) is 24.9 Å². The Morgan fingerprint density at radius 2 is 2.04 bits per heavy atom. The first-order valence-electron chi connectivity index (χ1n) is 8.54. The van der Waals surface area contributed by atoms with E-state index in [2.05, 4.69) is 44.5 Å². The van der Waals surface area contributed by atoms with E-state index in [9.17, 15) is 4.39 Å². The molecule has 3 heterocycles. The van der Waals surface area contributed by atoms with Gasteiger partial charge in [-0.1, -0.05) is 35.5 Å². The van der Waals surface area contributed by atoms with Gasteiger partial charge in [-0.15, -0.1) is 5.10 Å². The van der Waals surface area contributed by atoms with Gasteiger partial charge in [0.25, 0.3) is 0 Å². The van der Waals surface area contributed by atoms with Crippen molar-refractivity contribution in [3.8, 4) is 11.3 Å². The average molecular weight is 337 g/mol. The van der Waals surface area contributed by atoms with Crippen molar-refractivity contribution in [2.24, 2.45) is 5.92 Å². The predicted molar refractivity (Wildman–Crippen MR) is 93.0 cm³/mol. The Kier molecular flexibility index (Phi) is 4.52. The van der Waals surface area contributed by atoms with Crippen molar-refractivity contribution in [3.63, 3.8) is 0 Å². The summed E-state index contributed by atoms with van der Waals surface area (Å²) in [5, 5.41) is 8.27. The van der Waals surface area contributed by atoms with Gasteiger partial charge in [-0.3, -0.25) is 14.6 Å². The quantitative estimate of drug-likeness (QED) is 0.718. The molecular weight excluding hydrogens is 317 g/mol. The van der Waals surface area contributed by atoms with E-state index in [1.807, 2.05) is 16.9 Å². The third-order valence-electron chi connectivity index (χ3n) is 4.65. The van der Waals surface area contributed by atoms with Crippen molar-refractivity contribution < 1.29 is 4.39 Å². The maximum absolute atomic E-state index is 13.8. The number of hydrogen-bond acceptors (Lipinski definition) is 4. The van der Waals surface area contributed by atoms with E-state index in [1.54, 1.807) is 12.3 Å². The van der Waals surface area contributed by atoms with Gasteiger partial charge in [0.1, 0.15) is 5.69 Å². The summed E-state index contributed by atoms with van der Waals surface area (Å²) >= 11 is 0. The minimum Gasteiger partial charge on any atom is -0.299 e. The molecule has 6 heteroatoms. The molecule has 3 aromatic rings. The standard InChI is InChI=1S/C19H20FN5/c20-18-10-21-8-6-17(18)19-14-25(23-22-19)13-16-7-9-24(12-16)11-15-4-2-1-3-5-15/h1-6,8,10,14,16H,7,9,11-13H2. The van der Waals surface area contributed by atoms with Crippen molar-refractivity contribution >= 4 is 0 Å². The Balaban J connectivity index is 1.37. The molecule has 0 radical (unpaired) electrons. The zero-order chi connectivity index (χ0) is 17.1. The molecule has 5 nitrogen and oxygen atoms in total. The second-order valence-electron chi connectivity index (χ2n) is 6.56. The van der Waals surface area contributed by atoms with Gasteiger partial charge in [-0.2, -0.15) is 0 Å². The second kappa shape index (κ2) is 7.11. The molecule has 0 saturated carbocycles. The lowest BCUT2D eigenvalue weighted by atomic mass is 10.1. The van der Waals surface area contributed by atoms with Crippen LogP contribution in [-0.2, 0) is 13.1 Å². The normalized spacial score (nSPS) is 17.9. The lowest BCUT2D eigenvalue weighted by Crippen LogP contribution is -2.21. The molecule has 0 spiro atoms. The van der Waals surface area contributed by atoms with Gasteiger partial charge in [0.2, 0.25) is 0 Å². The van der Waals surface area contributed by atoms with Gasteiger partial charge in [-0.05, 0) is 30.5 Å². The summed E-state index contributed by atoms with van der Waals surface area (Å²) in [4.78, 5) is 6.24. The summed E-state index contributed by atoms with van der Waals surface area (Å²) in [6.45, 7) is 3.95. The summed E-state index contributed by atoms with van der Waals surface area (Å²) in [7, 11) is 0. The van der Waals surface area contributed by atoms with Crippen molar-refractivity contribution in [2.75, 3.05) is 13.1 Å². The molecule has 1 aliphatic rings. The Morgan fingerprint density at radius 1 is 1.16 bits per heavy atom. The van der Waals surface area contributed by atoms with Crippen LogP contribution in [0.2, 0.25) is 0 Å². The van der Waals surface area contributed by atoms with Crippen molar-refractivity contribution in [3.05, 3.63) is 66.4 Å². The van der Waals surface area contributed by atoms with Crippen LogP contribution in [0.3, 0.4) is 0 Å². The number of rotatable bonds is 5. The first-order valence-corrected chi connectivity index (χ1v) is 8.54. The van der Waals surface area contributed by atoms with E-state index in [0.717, 1.165) is 32.6 Å². The van der Waals surface area contributed by atoms with E-state index < -0.39 is 0 Å². The Bertz CT molecular complexity index is 833. The molecule has 1 aliphatic heterocycles. The molecule has 1 saturated heterocycles. The zero-order valence-corrected chi connectivity index (χ0v) is 13.9. The minimum absolute atomic E-state index is 0.371. The molecular formula is C19H20FN5. The number of hydrogen-bond donors (Lipinski definition) is 0. The molecule has 1 aromatic carbocycles. The van der Waals surface area contributed by atoms with Crippen LogP contribution in [0.1, 0.15) is 12.0 Å². The fourth-order valence-electron chi connectivity index (χ4n) is 3.41. The third kappa shape index (κ3) is 3.74. The summed E-state index contributed by atoms with van der Waals surface area (Å²) in [6, 6.07) is 12.2. The third-order valence-corrected chi connectivity index (χ3v) is 4.65. The fraction of sp³-hybridized carbons (Fsp3) is 0.316. The molecule has 0 bridgehead atoms. The number of benzene rings is 1. The molecule has 128 valence electrons. The van der Waals surface area contributed by atoms with Gasteiger partial charge >= 0.3 is 0 Å². The SMILES string of the molecule is Fc1cnccc1-c1cn(CC2CCN(Cc3ccccc3)C2)nn1. The number of nitrogens with zero attached hydrogens (tertiary/aromatic N) is 5. The van der Waals surface area contributed by atoms with E-state index in [-0.39, 0.29) is 5.82 Å². The van der Waals surface area contributed by atoms with Crippen LogP contribution in [0.25, 0.3) is 11.3 Å². The maximum atomic E-state index is 13.8. The summed E-state index contributed by atoms with van der Waals surface area (Å²) < 4.78 is 15.6. The maximum Gasteiger partial charge on any atom is 0.150 e. The van der Waals surface area contributed by atoms with Gasteiger partial charge in [0.15, 0.2) is 5.82 Å². The number of aromatic nitrogens is 4. The van der Waals surface area contributed by atoms with Crippen LogP contribution in [0.5, 0.6) is 0 Å². The molecule has 0 aliphatic carbocycles. The van der Waals surface area contributed by atoms with Gasteiger partial charge in [-0.25, -0.2) is 4.39 Å². The predicted octanol–water partition coefficient (Wildman–Crippen LogP) is 3.00. The minimum atomic E-state index is -0.371. The van der Waals surface area contributed by atoms with Crippen LogP contribution >= 0.6 is 0 Å². The highest BCUT2D eigenvalue weighted by molar-refractivity contribution is 5.57. The Morgan fingerprint density at radius 3 is 2.88 bits per heavy atom. The molecule has 0 N–H and O–H groups in total. The molecule has 1 fully saturated rings. The van der Waals surface area contributed by atoms with Crippen LogP contribution < -0.4 is 0 Å². The Labute approximate surface area is 146 Å². The smallest absolute Gasteiger partial charge is 0.150 e. The van der Waals surface area contributed by atoms with E-state index in [0.29, 0.717) is 17.2 Å². The highest BCUT2D eigenvalue weighted by atomic mass is 19.1. The van der Waals surface area contributed by atoms with Crippen LogP contribution in [0, 0.1) is 11.7 Å². The second-order valence-corrected chi connectivity index (χ2v) is 6.56. The van der Waals surface area contributed by atoms with Crippen molar-refractivity contribution in [2.45, 2.75) is 19.5 Å². The molecule has 1 unspecified atom stereocenters. The van der Waals surface area contributed by atoms with Gasteiger partial charge in [0.05, 0.1) is 12.4 Å². The Hall–Kier alpha value is -2.60. The van der Waals surface area contributed by atoms with Gasteiger partial charge < -0.3 is 0 Å². The number of likely N-dealkylation sites (tertiary alicyclic amines) is 1. The van der Waals surface area contributed by atoms with Gasteiger partial charge in [0, 0.05) is 31.4 Å². The monoisotopic (exact) mass is 337 g/mol.